The minimum absolute atomic E-state index is 0.0662. The van der Waals surface area contributed by atoms with E-state index in [1.807, 2.05) is 19.9 Å². The average Bonchev–Trinajstić information content (AvgIpc) is 3.35. The van der Waals surface area contributed by atoms with Crippen molar-refractivity contribution in [3.8, 4) is 23.3 Å². The van der Waals surface area contributed by atoms with Gasteiger partial charge in [0.1, 0.15) is 11.8 Å². The Kier molecular flexibility index (Phi) is 5.55. The smallest absolute Gasteiger partial charge is 0.358 e. The van der Waals surface area contributed by atoms with E-state index in [4.69, 9.17) is 11.8 Å². The molecule has 0 fully saturated rings. The number of hydrogen-bond donors (Lipinski definition) is 0. The fourth-order valence-corrected chi connectivity index (χ4v) is 3.22. The highest BCUT2D eigenvalue weighted by molar-refractivity contribution is 5.59. The van der Waals surface area contributed by atoms with Gasteiger partial charge in [0.25, 0.3) is 0 Å². The van der Waals surface area contributed by atoms with Crippen molar-refractivity contribution in [2.75, 3.05) is 0 Å². The number of aromatic nitrogens is 6. The molecule has 0 aliphatic rings. The molecule has 4 aromatic rings. The zero-order valence-electron chi connectivity index (χ0n) is 17.9. The van der Waals surface area contributed by atoms with Gasteiger partial charge in [-0.2, -0.15) is 23.5 Å². The maximum atomic E-state index is 12.9. The Labute approximate surface area is 192 Å². The van der Waals surface area contributed by atoms with Crippen LogP contribution in [-0.4, -0.2) is 29.7 Å². The maximum absolute atomic E-state index is 12.9. The van der Waals surface area contributed by atoms with Gasteiger partial charge < -0.3 is 4.85 Å². The molecule has 4 heterocycles. The van der Waals surface area contributed by atoms with Crippen LogP contribution in [0.1, 0.15) is 36.6 Å². The van der Waals surface area contributed by atoms with E-state index in [0.717, 1.165) is 10.7 Å². The molecular formula is C23H15F3N8. The Morgan fingerprint density at radius 2 is 1.65 bits per heavy atom. The molecule has 0 aliphatic carbocycles. The fourth-order valence-electron chi connectivity index (χ4n) is 3.22. The monoisotopic (exact) mass is 460 g/mol. The number of pyridine rings is 2. The second-order valence-corrected chi connectivity index (χ2v) is 7.71. The summed E-state index contributed by atoms with van der Waals surface area (Å²) in [5, 5.41) is 12.6. The zero-order chi connectivity index (χ0) is 24.5. The summed E-state index contributed by atoms with van der Waals surface area (Å²) in [5.41, 5.74) is 0.146. The van der Waals surface area contributed by atoms with Gasteiger partial charge in [-0.15, -0.1) is 4.98 Å². The topological polar surface area (TPSA) is 97.5 Å². The SMILES string of the molecule is [C-]#[N+]c1nc(-c2cccc(C(C)(C)c3cccc(-n4ccc(C(F)(F)F)n4)n3)n2)cnc1C#N. The van der Waals surface area contributed by atoms with Crippen molar-refractivity contribution in [2.24, 2.45) is 0 Å². The van der Waals surface area contributed by atoms with Crippen molar-refractivity contribution < 1.29 is 13.2 Å². The van der Waals surface area contributed by atoms with Crippen LogP contribution in [0.25, 0.3) is 22.1 Å². The van der Waals surface area contributed by atoms with E-state index in [1.54, 1.807) is 36.4 Å². The van der Waals surface area contributed by atoms with E-state index in [9.17, 15) is 13.2 Å². The maximum Gasteiger partial charge on any atom is 0.435 e. The molecule has 0 aromatic carbocycles. The van der Waals surface area contributed by atoms with E-state index in [2.05, 4.69) is 29.9 Å². The molecule has 4 aromatic heterocycles. The Morgan fingerprint density at radius 1 is 0.941 bits per heavy atom. The van der Waals surface area contributed by atoms with Crippen molar-refractivity contribution >= 4 is 5.82 Å². The molecule has 0 unspecified atom stereocenters. The first-order chi connectivity index (χ1) is 16.1. The third-order valence-electron chi connectivity index (χ3n) is 5.11. The Hall–Kier alpha value is -4.64. The van der Waals surface area contributed by atoms with Crippen molar-refractivity contribution in [3.63, 3.8) is 0 Å². The number of rotatable bonds is 4. The predicted molar refractivity (Wildman–Crippen MR) is 115 cm³/mol. The molecule has 0 amide bonds. The lowest BCUT2D eigenvalue weighted by atomic mass is 9.84. The molecule has 0 saturated heterocycles. The summed E-state index contributed by atoms with van der Waals surface area (Å²) in [5.74, 6) is 0.121. The molecule has 0 N–H and O–H groups in total. The first-order valence-corrected chi connectivity index (χ1v) is 9.87. The van der Waals surface area contributed by atoms with Gasteiger partial charge >= 0.3 is 12.0 Å². The minimum Gasteiger partial charge on any atom is -0.358 e. The van der Waals surface area contributed by atoms with E-state index in [0.29, 0.717) is 22.8 Å². The molecule has 4 rings (SSSR count). The van der Waals surface area contributed by atoms with Crippen molar-refractivity contribution in [2.45, 2.75) is 25.4 Å². The molecule has 11 heteroatoms. The van der Waals surface area contributed by atoms with Crippen LogP contribution in [0.4, 0.5) is 19.0 Å². The molecular weight excluding hydrogens is 445 g/mol. The van der Waals surface area contributed by atoms with E-state index in [1.165, 1.54) is 12.4 Å². The summed E-state index contributed by atoms with van der Waals surface area (Å²) < 4.78 is 39.9. The van der Waals surface area contributed by atoms with Gasteiger partial charge in [-0.25, -0.2) is 14.6 Å². The Balaban J connectivity index is 1.71. The quantitative estimate of drug-likeness (QED) is 0.403. The highest BCUT2D eigenvalue weighted by Crippen LogP contribution is 2.32. The predicted octanol–water partition coefficient (Wildman–Crippen LogP) is 4.89. The number of hydrogen-bond acceptors (Lipinski definition) is 6. The number of nitrogens with zero attached hydrogens (tertiary/aromatic N) is 8. The van der Waals surface area contributed by atoms with Gasteiger partial charge in [0.15, 0.2) is 22.9 Å². The lowest BCUT2D eigenvalue weighted by Gasteiger charge is -2.24. The first-order valence-electron chi connectivity index (χ1n) is 9.87. The molecule has 8 nitrogen and oxygen atoms in total. The highest BCUT2D eigenvalue weighted by Gasteiger charge is 2.34. The van der Waals surface area contributed by atoms with Gasteiger partial charge in [0.2, 0.25) is 0 Å². The third kappa shape index (κ3) is 4.19. The Morgan fingerprint density at radius 3 is 2.29 bits per heavy atom. The molecule has 0 spiro atoms. The zero-order valence-corrected chi connectivity index (χ0v) is 17.9. The number of alkyl halides is 3. The van der Waals surface area contributed by atoms with Gasteiger partial charge in [-0.3, -0.25) is 4.98 Å². The van der Waals surface area contributed by atoms with Crippen molar-refractivity contribution in [1.82, 2.24) is 29.7 Å². The molecule has 0 atom stereocenters. The largest absolute Gasteiger partial charge is 0.435 e. The van der Waals surface area contributed by atoms with Crippen LogP contribution in [0, 0.1) is 17.9 Å². The fraction of sp³-hybridized carbons (Fsp3) is 0.174. The molecule has 0 radical (unpaired) electrons. The highest BCUT2D eigenvalue weighted by atomic mass is 19.4. The van der Waals surface area contributed by atoms with Crippen LogP contribution in [0.3, 0.4) is 0 Å². The van der Waals surface area contributed by atoms with Gasteiger partial charge in [0, 0.05) is 11.6 Å². The molecule has 0 bridgehead atoms. The minimum atomic E-state index is -4.55. The number of halogens is 3. The lowest BCUT2D eigenvalue weighted by molar-refractivity contribution is -0.141. The second-order valence-electron chi connectivity index (χ2n) is 7.71. The summed E-state index contributed by atoms with van der Waals surface area (Å²) in [6, 6.07) is 13.0. The van der Waals surface area contributed by atoms with E-state index >= 15 is 0 Å². The molecule has 0 aliphatic heterocycles. The summed E-state index contributed by atoms with van der Waals surface area (Å²) in [6.45, 7) is 11.0. The summed E-state index contributed by atoms with van der Waals surface area (Å²) >= 11 is 0. The van der Waals surface area contributed by atoms with E-state index < -0.39 is 17.3 Å². The van der Waals surface area contributed by atoms with Gasteiger partial charge in [-0.05, 0) is 44.2 Å². The van der Waals surface area contributed by atoms with Crippen LogP contribution < -0.4 is 0 Å². The molecule has 0 saturated carbocycles. The normalized spacial score (nSPS) is 11.6. The van der Waals surface area contributed by atoms with Crippen LogP contribution >= 0.6 is 0 Å². The number of nitriles is 1. The average molecular weight is 460 g/mol. The summed E-state index contributed by atoms with van der Waals surface area (Å²) in [6.07, 6.45) is -1.96. The summed E-state index contributed by atoms with van der Waals surface area (Å²) in [7, 11) is 0. The van der Waals surface area contributed by atoms with Crippen molar-refractivity contribution in [3.05, 3.63) is 89.1 Å². The van der Waals surface area contributed by atoms with Gasteiger partial charge in [0.05, 0.1) is 17.6 Å². The molecule has 34 heavy (non-hydrogen) atoms. The first kappa shape index (κ1) is 22.6. The van der Waals surface area contributed by atoms with Gasteiger partial charge in [-0.1, -0.05) is 18.7 Å². The lowest BCUT2D eigenvalue weighted by Crippen LogP contribution is -2.23. The van der Waals surface area contributed by atoms with Crippen molar-refractivity contribution in [1.29, 1.82) is 5.26 Å². The van der Waals surface area contributed by atoms with Crippen LogP contribution in [0.15, 0.2) is 54.9 Å². The Bertz CT molecular complexity index is 1460. The standard InChI is InChI=1S/C23H15F3N8/c1-22(2,18-8-5-9-20(32-18)34-11-10-19(33-34)23(24,25)26)17-7-4-6-14(30-17)16-13-29-15(12-27)21(28-3)31-16/h4-11,13H,1-2H3. The second kappa shape index (κ2) is 8.37. The molecule has 168 valence electrons. The third-order valence-corrected chi connectivity index (χ3v) is 5.11. The summed E-state index contributed by atoms with van der Waals surface area (Å²) in [4.78, 5) is 20.6. The van der Waals surface area contributed by atoms with Crippen LogP contribution in [0.2, 0.25) is 0 Å². The van der Waals surface area contributed by atoms with E-state index in [-0.39, 0.29) is 17.3 Å². The van der Waals surface area contributed by atoms with Crippen LogP contribution in [-0.2, 0) is 11.6 Å². The van der Waals surface area contributed by atoms with Crippen LogP contribution in [0.5, 0.6) is 0 Å².